The molecule has 2 aromatic rings. The van der Waals surface area contributed by atoms with Crippen LogP contribution in [0.5, 0.6) is 0 Å². The molecule has 4 heteroatoms. The van der Waals surface area contributed by atoms with E-state index in [1.54, 1.807) is 0 Å². The van der Waals surface area contributed by atoms with Crippen molar-refractivity contribution in [2.75, 3.05) is 6.54 Å². The average molecular weight is 350 g/mol. The van der Waals surface area contributed by atoms with Crippen LogP contribution in [0, 0.1) is 5.92 Å². The zero-order valence-electron chi connectivity index (χ0n) is 12.7. The molecule has 1 heterocycles. The topological polar surface area (TPSA) is 43.8 Å². The van der Waals surface area contributed by atoms with Gasteiger partial charge in [0.1, 0.15) is 5.82 Å². The first-order chi connectivity index (χ1) is 10.2. The van der Waals surface area contributed by atoms with Crippen LogP contribution in [0.1, 0.15) is 50.8 Å². The lowest BCUT2D eigenvalue weighted by molar-refractivity contribution is 0.298. The van der Waals surface area contributed by atoms with Crippen molar-refractivity contribution in [2.24, 2.45) is 11.7 Å². The van der Waals surface area contributed by atoms with E-state index >= 15 is 0 Å². The number of halogens is 1. The van der Waals surface area contributed by atoms with Crippen LogP contribution in [0.15, 0.2) is 22.7 Å². The Kier molecular flexibility index (Phi) is 4.65. The third kappa shape index (κ3) is 2.88. The molecule has 1 fully saturated rings. The van der Waals surface area contributed by atoms with E-state index in [1.165, 1.54) is 37.0 Å². The number of hydrogen-bond donors (Lipinski definition) is 1. The summed E-state index contributed by atoms with van der Waals surface area (Å²) in [5, 5.41) is 0. The van der Waals surface area contributed by atoms with E-state index in [9.17, 15) is 0 Å². The number of rotatable bonds is 4. The Morgan fingerprint density at radius 1 is 1.33 bits per heavy atom. The molecule has 1 aromatic carbocycles. The average Bonchev–Trinajstić information content (AvgIpc) is 2.85. The van der Waals surface area contributed by atoms with Gasteiger partial charge in [0, 0.05) is 16.9 Å². The van der Waals surface area contributed by atoms with E-state index in [-0.39, 0.29) is 0 Å². The molecule has 0 radical (unpaired) electrons. The number of benzene rings is 1. The molecule has 21 heavy (non-hydrogen) atoms. The van der Waals surface area contributed by atoms with Crippen LogP contribution in [-0.2, 0) is 6.54 Å². The van der Waals surface area contributed by atoms with Gasteiger partial charge in [0.15, 0.2) is 0 Å². The summed E-state index contributed by atoms with van der Waals surface area (Å²) in [6.45, 7) is 4.06. The van der Waals surface area contributed by atoms with Gasteiger partial charge in [-0.15, -0.1) is 0 Å². The molecular weight excluding hydrogens is 326 g/mol. The fraction of sp³-hybridized carbons (Fsp3) is 0.588. The minimum atomic E-state index is 0.529. The molecule has 0 saturated heterocycles. The number of nitrogens with two attached hydrogens (primary N) is 1. The summed E-state index contributed by atoms with van der Waals surface area (Å²) < 4.78 is 3.53. The van der Waals surface area contributed by atoms with E-state index in [0.717, 1.165) is 29.5 Å². The van der Waals surface area contributed by atoms with Crippen molar-refractivity contribution in [3.63, 3.8) is 0 Å². The van der Waals surface area contributed by atoms with Gasteiger partial charge in [-0.05, 0) is 49.9 Å². The minimum absolute atomic E-state index is 0.529. The fourth-order valence-corrected chi connectivity index (χ4v) is 4.04. The van der Waals surface area contributed by atoms with E-state index in [4.69, 9.17) is 10.7 Å². The van der Waals surface area contributed by atoms with Crippen LogP contribution >= 0.6 is 15.9 Å². The van der Waals surface area contributed by atoms with Gasteiger partial charge in [-0.1, -0.05) is 35.7 Å². The maximum atomic E-state index is 6.03. The van der Waals surface area contributed by atoms with Crippen molar-refractivity contribution in [2.45, 2.75) is 51.5 Å². The number of imidazole rings is 1. The Bertz CT molecular complexity index is 620. The minimum Gasteiger partial charge on any atom is -0.330 e. The number of nitrogens with zero attached hydrogens (tertiary/aromatic N) is 2. The van der Waals surface area contributed by atoms with E-state index in [1.807, 2.05) is 0 Å². The predicted molar refractivity (Wildman–Crippen MR) is 91.5 cm³/mol. The summed E-state index contributed by atoms with van der Waals surface area (Å²) in [5.74, 6) is 2.39. The molecule has 1 aliphatic rings. The Hall–Kier alpha value is -0.870. The van der Waals surface area contributed by atoms with Gasteiger partial charge in [-0.25, -0.2) is 4.98 Å². The molecule has 2 atom stereocenters. The number of aryl methyl sites for hydroxylation is 1. The summed E-state index contributed by atoms with van der Waals surface area (Å²) >= 11 is 3.56. The van der Waals surface area contributed by atoms with Gasteiger partial charge in [-0.3, -0.25) is 0 Å². The molecule has 0 bridgehead atoms. The third-order valence-corrected chi connectivity index (χ3v) is 5.22. The molecule has 3 rings (SSSR count). The molecule has 3 nitrogen and oxygen atoms in total. The summed E-state index contributed by atoms with van der Waals surface area (Å²) in [7, 11) is 0. The molecule has 1 aromatic heterocycles. The smallest absolute Gasteiger partial charge is 0.113 e. The van der Waals surface area contributed by atoms with Crippen LogP contribution in [0.2, 0.25) is 0 Å². The Labute approximate surface area is 135 Å². The van der Waals surface area contributed by atoms with E-state index in [2.05, 4.69) is 45.6 Å². The normalized spacial score (nSPS) is 22.8. The Morgan fingerprint density at radius 2 is 2.14 bits per heavy atom. The number of fused-ring (bicyclic) bond motifs is 1. The molecular formula is C17H24BrN3. The van der Waals surface area contributed by atoms with Crippen molar-refractivity contribution in [3.05, 3.63) is 28.5 Å². The quantitative estimate of drug-likeness (QED) is 0.886. The standard InChI is InChI=1S/C17H24BrN3/c1-2-9-21-16-8-7-13(18)10-15(16)20-17(21)14-6-4-3-5-12(14)11-19/h7-8,10,12,14H,2-6,9,11,19H2,1H3. The van der Waals surface area contributed by atoms with Gasteiger partial charge in [0.2, 0.25) is 0 Å². The van der Waals surface area contributed by atoms with Crippen molar-refractivity contribution in [1.82, 2.24) is 9.55 Å². The van der Waals surface area contributed by atoms with Crippen LogP contribution in [0.25, 0.3) is 11.0 Å². The largest absolute Gasteiger partial charge is 0.330 e. The third-order valence-electron chi connectivity index (χ3n) is 4.73. The first kappa shape index (κ1) is 15.0. The highest BCUT2D eigenvalue weighted by Gasteiger charge is 2.29. The predicted octanol–water partition coefficient (Wildman–Crippen LogP) is 4.44. The summed E-state index contributed by atoms with van der Waals surface area (Å²) in [6.07, 6.45) is 6.24. The highest BCUT2D eigenvalue weighted by Crippen LogP contribution is 2.38. The molecule has 1 saturated carbocycles. The number of aromatic nitrogens is 2. The molecule has 0 spiro atoms. The van der Waals surface area contributed by atoms with Crippen LogP contribution in [-0.4, -0.2) is 16.1 Å². The van der Waals surface area contributed by atoms with Crippen molar-refractivity contribution in [1.29, 1.82) is 0 Å². The van der Waals surface area contributed by atoms with Gasteiger partial charge in [0.25, 0.3) is 0 Å². The zero-order chi connectivity index (χ0) is 14.8. The lowest BCUT2D eigenvalue weighted by Gasteiger charge is -2.30. The second kappa shape index (κ2) is 6.49. The lowest BCUT2D eigenvalue weighted by Crippen LogP contribution is -2.27. The van der Waals surface area contributed by atoms with Crippen molar-refractivity contribution >= 4 is 27.0 Å². The fourth-order valence-electron chi connectivity index (χ4n) is 3.69. The van der Waals surface area contributed by atoms with Crippen LogP contribution < -0.4 is 5.73 Å². The summed E-state index contributed by atoms with van der Waals surface area (Å²) in [5.41, 5.74) is 8.40. The van der Waals surface area contributed by atoms with Gasteiger partial charge >= 0.3 is 0 Å². The van der Waals surface area contributed by atoms with Gasteiger partial charge in [0.05, 0.1) is 11.0 Å². The molecule has 1 aliphatic carbocycles. The Morgan fingerprint density at radius 3 is 2.90 bits per heavy atom. The van der Waals surface area contributed by atoms with Crippen LogP contribution in [0.4, 0.5) is 0 Å². The molecule has 0 aliphatic heterocycles. The maximum Gasteiger partial charge on any atom is 0.113 e. The highest BCUT2D eigenvalue weighted by atomic mass is 79.9. The second-order valence-electron chi connectivity index (χ2n) is 6.14. The SMILES string of the molecule is CCCn1c(C2CCCCC2CN)nc2cc(Br)ccc21. The highest BCUT2D eigenvalue weighted by molar-refractivity contribution is 9.10. The number of hydrogen-bond acceptors (Lipinski definition) is 2. The summed E-state index contributed by atoms with van der Waals surface area (Å²) in [4.78, 5) is 4.99. The molecule has 2 N–H and O–H groups in total. The van der Waals surface area contributed by atoms with E-state index in [0.29, 0.717) is 11.8 Å². The molecule has 0 amide bonds. The second-order valence-corrected chi connectivity index (χ2v) is 7.06. The first-order valence-corrected chi connectivity index (χ1v) is 8.89. The monoisotopic (exact) mass is 349 g/mol. The molecule has 114 valence electrons. The maximum absolute atomic E-state index is 6.03. The lowest BCUT2D eigenvalue weighted by atomic mass is 9.78. The van der Waals surface area contributed by atoms with Crippen molar-refractivity contribution < 1.29 is 0 Å². The zero-order valence-corrected chi connectivity index (χ0v) is 14.3. The first-order valence-electron chi connectivity index (χ1n) is 8.10. The van der Waals surface area contributed by atoms with E-state index < -0.39 is 0 Å². The van der Waals surface area contributed by atoms with Gasteiger partial charge in [-0.2, -0.15) is 0 Å². The van der Waals surface area contributed by atoms with Crippen LogP contribution in [0.3, 0.4) is 0 Å². The van der Waals surface area contributed by atoms with Gasteiger partial charge < -0.3 is 10.3 Å². The summed E-state index contributed by atoms with van der Waals surface area (Å²) in [6, 6.07) is 6.43. The Balaban J connectivity index is 2.09. The van der Waals surface area contributed by atoms with Crippen molar-refractivity contribution in [3.8, 4) is 0 Å². The molecule has 2 unspecified atom stereocenters.